The van der Waals surface area contributed by atoms with Gasteiger partial charge in [-0.2, -0.15) is 0 Å². The highest BCUT2D eigenvalue weighted by Crippen LogP contribution is 2.17. The Balaban J connectivity index is 2.49. The highest BCUT2D eigenvalue weighted by molar-refractivity contribution is 14.1. The van der Waals surface area contributed by atoms with Gasteiger partial charge in [0, 0.05) is 22.6 Å². The number of hydrogen-bond acceptors (Lipinski definition) is 2. The molecular weight excluding hydrogens is 291 g/mol. The van der Waals surface area contributed by atoms with Crippen LogP contribution < -0.4 is 9.47 Å². The van der Waals surface area contributed by atoms with Crippen LogP contribution in [-0.2, 0) is 0 Å². The number of halogens is 1. The Morgan fingerprint density at radius 2 is 1.71 bits per heavy atom. The maximum atomic E-state index is 5.35. The maximum absolute atomic E-state index is 5.35. The van der Waals surface area contributed by atoms with Gasteiger partial charge in [0.2, 0.25) is 0 Å². The highest BCUT2D eigenvalue weighted by atomic mass is 127. The van der Waals surface area contributed by atoms with Crippen LogP contribution in [0.4, 0.5) is 0 Å². The SMILES string of the molecule is CCOc1ccc(OCC#CI)cc1. The fraction of sp³-hybridized carbons (Fsp3) is 0.273. The van der Waals surface area contributed by atoms with Crippen molar-refractivity contribution >= 4 is 22.6 Å². The first kappa shape index (κ1) is 11.2. The first-order valence-corrected chi connectivity index (χ1v) is 5.39. The van der Waals surface area contributed by atoms with Gasteiger partial charge >= 0.3 is 0 Å². The summed E-state index contributed by atoms with van der Waals surface area (Å²) in [6.07, 6.45) is 0. The van der Waals surface area contributed by atoms with E-state index in [9.17, 15) is 0 Å². The second-order valence-corrected chi connectivity index (χ2v) is 3.00. The second-order valence-electron chi connectivity index (χ2n) is 2.46. The van der Waals surface area contributed by atoms with Gasteiger partial charge in [0.15, 0.2) is 0 Å². The van der Waals surface area contributed by atoms with E-state index >= 15 is 0 Å². The van der Waals surface area contributed by atoms with Crippen molar-refractivity contribution in [1.82, 2.24) is 0 Å². The summed E-state index contributed by atoms with van der Waals surface area (Å²) < 4.78 is 13.4. The zero-order valence-corrected chi connectivity index (χ0v) is 10.1. The average molecular weight is 302 g/mol. The standard InChI is InChI=1S/C11H11IO2/c1-2-13-10-4-6-11(7-5-10)14-9-3-8-12/h4-7H,2,9H2,1H3. The molecule has 0 saturated heterocycles. The van der Waals surface area contributed by atoms with Crippen molar-refractivity contribution in [2.45, 2.75) is 6.92 Å². The third-order valence-corrected chi connectivity index (χ3v) is 1.89. The lowest BCUT2D eigenvalue weighted by molar-refractivity contribution is 0.337. The van der Waals surface area contributed by atoms with Crippen molar-refractivity contribution in [1.29, 1.82) is 0 Å². The topological polar surface area (TPSA) is 18.5 Å². The van der Waals surface area contributed by atoms with Crippen LogP contribution >= 0.6 is 22.6 Å². The van der Waals surface area contributed by atoms with Crippen LogP contribution in [-0.4, -0.2) is 13.2 Å². The Kier molecular flexibility index (Phi) is 5.23. The predicted molar refractivity (Wildman–Crippen MR) is 64.9 cm³/mol. The third kappa shape index (κ3) is 3.88. The number of benzene rings is 1. The molecule has 0 radical (unpaired) electrons. The van der Waals surface area contributed by atoms with Gasteiger partial charge in [-0.1, -0.05) is 5.92 Å². The molecule has 1 aromatic rings. The second kappa shape index (κ2) is 6.55. The van der Waals surface area contributed by atoms with Gasteiger partial charge in [-0.15, -0.1) is 0 Å². The van der Waals surface area contributed by atoms with Crippen molar-refractivity contribution in [3.8, 4) is 21.3 Å². The summed E-state index contributed by atoms with van der Waals surface area (Å²) in [6.45, 7) is 3.07. The molecule has 3 heteroatoms. The minimum atomic E-state index is 0.428. The van der Waals surface area contributed by atoms with Crippen LogP contribution in [0, 0.1) is 9.85 Å². The van der Waals surface area contributed by atoms with Gasteiger partial charge < -0.3 is 9.47 Å². The summed E-state index contributed by atoms with van der Waals surface area (Å²) >= 11 is 1.99. The van der Waals surface area contributed by atoms with Crippen LogP contribution in [0.5, 0.6) is 11.5 Å². The monoisotopic (exact) mass is 302 g/mol. The van der Waals surface area contributed by atoms with E-state index in [0.717, 1.165) is 11.5 Å². The maximum Gasteiger partial charge on any atom is 0.149 e. The summed E-state index contributed by atoms with van der Waals surface area (Å²) in [7, 11) is 0. The summed E-state index contributed by atoms with van der Waals surface area (Å²) in [5.41, 5.74) is 0. The molecule has 0 heterocycles. The Morgan fingerprint density at radius 3 is 2.21 bits per heavy atom. The molecule has 0 atom stereocenters. The van der Waals surface area contributed by atoms with E-state index in [2.05, 4.69) is 9.85 Å². The molecule has 74 valence electrons. The molecule has 1 rings (SSSR count). The first-order valence-electron chi connectivity index (χ1n) is 4.31. The van der Waals surface area contributed by atoms with Gasteiger partial charge in [0.1, 0.15) is 18.1 Å². The lowest BCUT2D eigenvalue weighted by Gasteiger charge is -2.04. The van der Waals surface area contributed by atoms with E-state index in [0.29, 0.717) is 13.2 Å². The van der Waals surface area contributed by atoms with Crippen molar-refractivity contribution in [2.24, 2.45) is 0 Å². The molecule has 0 bridgehead atoms. The Bertz CT molecular complexity index is 321. The van der Waals surface area contributed by atoms with Gasteiger partial charge in [0.05, 0.1) is 6.61 Å². The molecule has 0 aromatic heterocycles. The zero-order chi connectivity index (χ0) is 10.2. The molecule has 0 aliphatic carbocycles. The van der Waals surface area contributed by atoms with E-state index in [1.54, 1.807) is 0 Å². The largest absolute Gasteiger partial charge is 0.494 e. The average Bonchev–Trinajstić information content (AvgIpc) is 2.21. The fourth-order valence-electron chi connectivity index (χ4n) is 0.945. The Labute approximate surface area is 97.7 Å². The molecule has 0 amide bonds. The van der Waals surface area contributed by atoms with E-state index in [4.69, 9.17) is 9.47 Å². The van der Waals surface area contributed by atoms with Gasteiger partial charge in [-0.25, -0.2) is 0 Å². The molecule has 0 fully saturated rings. The number of ether oxygens (including phenoxy) is 2. The van der Waals surface area contributed by atoms with E-state index in [-0.39, 0.29) is 0 Å². The molecular formula is C11H11IO2. The van der Waals surface area contributed by atoms with E-state index in [1.807, 2.05) is 53.8 Å². The lowest BCUT2D eigenvalue weighted by atomic mass is 10.3. The minimum absolute atomic E-state index is 0.428. The van der Waals surface area contributed by atoms with Crippen LogP contribution in [0.15, 0.2) is 24.3 Å². The van der Waals surface area contributed by atoms with Crippen LogP contribution in [0.25, 0.3) is 0 Å². The van der Waals surface area contributed by atoms with Crippen LogP contribution in [0.2, 0.25) is 0 Å². The van der Waals surface area contributed by atoms with Crippen molar-refractivity contribution in [3.05, 3.63) is 24.3 Å². The van der Waals surface area contributed by atoms with Gasteiger partial charge in [-0.3, -0.25) is 0 Å². The Morgan fingerprint density at radius 1 is 1.14 bits per heavy atom. The van der Waals surface area contributed by atoms with Crippen LogP contribution in [0.1, 0.15) is 6.92 Å². The molecule has 0 saturated carbocycles. The lowest BCUT2D eigenvalue weighted by Crippen LogP contribution is -1.94. The molecule has 14 heavy (non-hydrogen) atoms. The Hall–Kier alpha value is -0.890. The molecule has 0 spiro atoms. The zero-order valence-electron chi connectivity index (χ0n) is 7.92. The molecule has 0 N–H and O–H groups in total. The molecule has 0 unspecified atom stereocenters. The van der Waals surface area contributed by atoms with Crippen LogP contribution in [0.3, 0.4) is 0 Å². The number of rotatable bonds is 4. The van der Waals surface area contributed by atoms with E-state index in [1.165, 1.54) is 0 Å². The molecule has 0 aliphatic rings. The quantitative estimate of drug-likeness (QED) is 0.629. The molecule has 0 aliphatic heterocycles. The minimum Gasteiger partial charge on any atom is -0.494 e. The van der Waals surface area contributed by atoms with Crippen molar-refractivity contribution in [3.63, 3.8) is 0 Å². The van der Waals surface area contributed by atoms with Gasteiger partial charge in [-0.05, 0) is 35.1 Å². The highest BCUT2D eigenvalue weighted by Gasteiger charge is 1.93. The first-order chi connectivity index (χ1) is 6.86. The summed E-state index contributed by atoms with van der Waals surface area (Å²) in [5, 5.41) is 0. The number of hydrogen-bond donors (Lipinski definition) is 0. The molecule has 1 aromatic carbocycles. The smallest absolute Gasteiger partial charge is 0.149 e. The fourth-order valence-corrected chi connectivity index (χ4v) is 1.10. The summed E-state index contributed by atoms with van der Waals surface area (Å²) in [5.74, 6) is 4.49. The van der Waals surface area contributed by atoms with E-state index < -0.39 is 0 Å². The van der Waals surface area contributed by atoms with Crippen molar-refractivity contribution in [2.75, 3.05) is 13.2 Å². The van der Waals surface area contributed by atoms with Gasteiger partial charge in [0.25, 0.3) is 0 Å². The third-order valence-electron chi connectivity index (χ3n) is 1.51. The normalized spacial score (nSPS) is 8.71. The predicted octanol–water partition coefficient (Wildman–Crippen LogP) is 2.86. The summed E-state index contributed by atoms with van der Waals surface area (Å²) in [4.78, 5) is 0. The molecule has 2 nitrogen and oxygen atoms in total. The summed E-state index contributed by atoms with van der Waals surface area (Å²) in [6, 6.07) is 7.52. The van der Waals surface area contributed by atoms with Crippen molar-refractivity contribution < 1.29 is 9.47 Å².